The van der Waals surface area contributed by atoms with Gasteiger partial charge in [-0.1, -0.05) is 12.1 Å². The molecule has 0 bridgehead atoms. The zero-order chi connectivity index (χ0) is 10.7. The molecule has 78 valence electrons. The van der Waals surface area contributed by atoms with Crippen molar-refractivity contribution in [3.63, 3.8) is 0 Å². The first-order valence-electron chi connectivity index (χ1n) is 4.09. The van der Waals surface area contributed by atoms with Gasteiger partial charge in [-0.2, -0.15) is 0 Å². The minimum Gasteiger partial charge on any atom is -0.329 e. The SMILES string of the molecule is NC[C@H](N)c1ccc(C(F)F)c(F)c1. The lowest BCUT2D eigenvalue weighted by molar-refractivity contribution is 0.146. The Morgan fingerprint density at radius 3 is 2.36 bits per heavy atom. The smallest absolute Gasteiger partial charge is 0.266 e. The predicted molar refractivity (Wildman–Crippen MR) is 47.3 cm³/mol. The van der Waals surface area contributed by atoms with E-state index in [0.717, 1.165) is 12.1 Å². The van der Waals surface area contributed by atoms with Gasteiger partial charge in [0.25, 0.3) is 6.43 Å². The maximum Gasteiger partial charge on any atom is 0.266 e. The van der Waals surface area contributed by atoms with E-state index in [-0.39, 0.29) is 6.54 Å². The van der Waals surface area contributed by atoms with Crippen molar-refractivity contribution < 1.29 is 13.2 Å². The molecule has 0 saturated carbocycles. The largest absolute Gasteiger partial charge is 0.329 e. The fourth-order valence-electron chi connectivity index (χ4n) is 1.09. The third-order valence-electron chi connectivity index (χ3n) is 1.94. The van der Waals surface area contributed by atoms with Crippen molar-refractivity contribution in [2.24, 2.45) is 11.5 Å². The van der Waals surface area contributed by atoms with Gasteiger partial charge in [-0.25, -0.2) is 13.2 Å². The Morgan fingerprint density at radius 2 is 1.93 bits per heavy atom. The van der Waals surface area contributed by atoms with Gasteiger partial charge >= 0.3 is 0 Å². The van der Waals surface area contributed by atoms with Crippen molar-refractivity contribution in [2.75, 3.05) is 6.54 Å². The van der Waals surface area contributed by atoms with Crippen molar-refractivity contribution in [2.45, 2.75) is 12.5 Å². The lowest BCUT2D eigenvalue weighted by atomic mass is 10.1. The Bertz CT molecular complexity index is 315. The normalized spacial score (nSPS) is 13.3. The molecule has 1 atom stereocenters. The predicted octanol–water partition coefficient (Wildman–Crippen LogP) is 1.72. The first-order chi connectivity index (χ1) is 6.56. The number of hydrogen-bond donors (Lipinski definition) is 2. The molecular weight excluding hydrogens is 193 g/mol. The monoisotopic (exact) mass is 204 g/mol. The summed E-state index contributed by atoms with van der Waals surface area (Å²) < 4.78 is 37.3. The van der Waals surface area contributed by atoms with Crippen LogP contribution in [0.2, 0.25) is 0 Å². The molecule has 4 N–H and O–H groups in total. The van der Waals surface area contributed by atoms with E-state index in [1.807, 2.05) is 0 Å². The van der Waals surface area contributed by atoms with Crippen LogP contribution < -0.4 is 11.5 Å². The summed E-state index contributed by atoms with van der Waals surface area (Å²) in [6, 6.07) is 2.88. The van der Waals surface area contributed by atoms with Crippen LogP contribution in [0.3, 0.4) is 0 Å². The van der Waals surface area contributed by atoms with Gasteiger partial charge in [-0.3, -0.25) is 0 Å². The molecule has 0 aliphatic rings. The summed E-state index contributed by atoms with van der Waals surface area (Å²) in [5, 5.41) is 0. The fourth-order valence-corrected chi connectivity index (χ4v) is 1.09. The number of alkyl halides is 2. The lowest BCUT2D eigenvalue weighted by Gasteiger charge is -2.10. The van der Waals surface area contributed by atoms with E-state index < -0.39 is 23.8 Å². The summed E-state index contributed by atoms with van der Waals surface area (Å²) >= 11 is 0. The molecule has 2 nitrogen and oxygen atoms in total. The summed E-state index contributed by atoms with van der Waals surface area (Å²) in [4.78, 5) is 0. The van der Waals surface area contributed by atoms with E-state index in [9.17, 15) is 13.2 Å². The number of halogens is 3. The maximum absolute atomic E-state index is 13.0. The van der Waals surface area contributed by atoms with Gasteiger partial charge in [0.05, 0.1) is 5.56 Å². The zero-order valence-electron chi connectivity index (χ0n) is 7.38. The van der Waals surface area contributed by atoms with Crippen molar-refractivity contribution >= 4 is 0 Å². The summed E-state index contributed by atoms with van der Waals surface area (Å²) in [5.74, 6) is -0.943. The van der Waals surface area contributed by atoms with Gasteiger partial charge in [-0.15, -0.1) is 0 Å². The van der Waals surface area contributed by atoms with Crippen LogP contribution in [0.4, 0.5) is 13.2 Å². The van der Waals surface area contributed by atoms with E-state index >= 15 is 0 Å². The lowest BCUT2D eigenvalue weighted by Crippen LogP contribution is -2.20. The summed E-state index contributed by atoms with van der Waals surface area (Å²) in [5.41, 5.74) is 10.6. The third kappa shape index (κ3) is 2.24. The first kappa shape index (κ1) is 11.0. The quantitative estimate of drug-likeness (QED) is 0.787. The average molecular weight is 204 g/mol. The number of hydrogen-bond acceptors (Lipinski definition) is 2. The molecule has 0 amide bonds. The molecule has 0 spiro atoms. The Labute approximate surface area is 79.7 Å². The zero-order valence-corrected chi connectivity index (χ0v) is 7.38. The van der Waals surface area contributed by atoms with Gasteiger partial charge in [0.15, 0.2) is 0 Å². The van der Waals surface area contributed by atoms with Gasteiger partial charge in [0.2, 0.25) is 0 Å². The first-order valence-corrected chi connectivity index (χ1v) is 4.09. The Hall–Kier alpha value is -1.07. The molecule has 1 rings (SSSR count). The minimum atomic E-state index is -2.81. The molecule has 5 heteroatoms. The maximum atomic E-state index is 13.0. The molecule has 0 heterocycles. The topological polar surface area (TPSA) is 52.0 Å². The fraction of sp³-hybridized carbons (Fsp3) is 0.333. The van der Waals surface area contributed by atoms with Crippen LogP contribution in [0.1, 0.15) is 23.6 Å². The highest BCUT2D eigenvalue weighted by Crippen LogP contribution is 2.23. The molecule has 0 radical (unpaired) electrons. The standard InChI is InChI=1S/C9H11F3N2/c10-7-3-5(8(14)4-13)1-2-6(7)9(11)12/h1-3,8-9H,4,13-14H2/t8-/m0/s1. The Balaban J connectivity index is 3.00. The molecule has 1 aromatic rings. The summed E-state index contributed by atoms with van der Waals surface area (Å²) in [7, 11) is 0. The van der Waals surface area contributed by atoms with E-state index in [1.54, 1.807) is 0 Å². The second-order valence-corrected chi connectivity index (χ2v) is 2.92. The van der Waals surface area contributed by atoms with Crippen LogP contribution in [-0.2, 0) is 0 Å². The van der Waals surface area contributed by atoms with Gasteiger partial charge < -0.3 is 11.5 Å². The van der Waals surface area contributed by atoms with Crippen LogP contribution in [-0.4, -0.2) is 6.54 Å². The number of benzene rings is 1. The minimum absolute atomic E-state index is 0.146. The second-order valence-electron chi connectivity index (χ2n) is 2.92. The van der Waals surface area contributed by atoms with Gasteiger partial charge in [0, 0.05) is 12.6 Å². The van der Waals surface area contributed by atoms with Crippen LogP contribution in [0, 0.1) is 5.82 Å². The number of nitrogens with two attached hydrogens (primary N) is 2. The van der Waals surface area contributed by atoms with Crippen molar-refractivity contribution in [3.05, 3.63) is 35.1 Å². The Kier molecular flexibility index (Phi) is 3.49. The van der Waals surface area contributed by atoms with Crippen LogP contribution >= 0.6 is 0 Å². The second kappa shape index (κ2) is 4.43. The number of rotatable bonds is 3. The molecule has 0 saturated heterocycles. The molecule has 0 unspecified atom stereocenters. The Morgan fingerprint density at radius 1 is 1.29 bits per heavy atom. The summed E-state index contributed by atoms with van der Waals surface area (Å²) in [6.45, 7) is 0.146. The van der Waals surface area contributed by atoms with Gasteiger partial charge in [-0.05, 0) is 11.6 Å². The van der Waals surface area contributed by atoms with Crippen molar-refractivity contribution in [1.82, 2.24) is 0 Å². The molecule has 1 aromatic carbocycles. The summed E-state index contributed by atoms with van der Waals surface area (Å²) in [6.07, 6.45) is -2.81. The highest BCUT2D eigenvalue weighted by molar-refractivity contribution is 5.27. The third-order valence-corrected chi connectivity index (χ3v) is 1.94. The van der Waals surface area contributed by atoms with E-state index in [0.29, 0.717) is 5.56 Å². The van der Waals surface area contributed by atoms with E-state index in [4.69, 9.17) is 11.5 Å². The van der Waals surface area contributed by atoms with Crippen LogP contribution in [0.25, 0.3) is 0 Å². The highest BCUT2D eigenvalue weighted by Gasteiger charge is 2.14. The van der Waals surface area contributed by atoms with Crippen molar-refractivity contribution in [1.29, 1.82) is 0 Å². The highest BCUT2D eigenvalue weighted by atomic mass is 19.3. The molecule has 0 aliphatic carbocycles. The van der Waals surface area contributed by atoms with E-state index in [1.165, 1.54) is 6.07 Å². The molecular formula is C9H11F3N2. The molecule has 0 aliphatic heterocycles. The molecule has 14 heavy (non-hydrogen) atoms. The molecule has 0 fully saturated rings. The van der Waals surface area contributed by atoms with Crippen molar-refractivity contribution in [3.8, 4) is 0 Å². The van der Waals surface area contributed by atoms with Crippen LogP contribution in [0.15, 0.2) is 18.2 Å². The van der Waals surface area contributed by atoms with E-state index in [2.05, 4.69) is 0 Å². The molecule has 0 aromatic heterocycles. The average Bonchev–Trinajstić information content (AvgIpc) is 2.15. The van der Waals surface area contributed by atoms with Crippen LogP contribution in [0.5, 0.6) is 0 Å². The van der Waals surface area contributed by atoms with Gasteiger partial charge in [0.1, 0.15) is 5.82 Å².